The number of hydrogen-bond acceptors (Lipinski definition) is 4. The summed E-state index contributed by atoms with van der Waals surface area (Å²) < 4.78 is 0.277. The van der Waals surface area contributed by atoms with Crippen LogP contribution in [0.3, 0.4) is 0 Å². The summed E-state index contributed by atoms with van der Waals surface area (Å²) in [6, 6.07) is 24.3. The highest BCUT2D eigenvalue weighted by atomic mass is 16.2. The number of rotatable bonds is 10. The van der Waals surface area contributed by atoms with Gasteiger partial charge in [-0.25, -0.2) is 9.28 Å². The van der Waals surface area contributed by atoms with Crippen LogP contribution in [0.25, 0.3) is 0 Å². The third-order valence-electron chi connectivity index (χ3n) is 7.53. The Labute approximate surface area is 230 Å². The number of carbonyl (C=O) groups is 3. The molecule has 3 aromatic carbocycles. The smallest absolute Gasteiger partial charge is 0.366 e. The second-order valence-corrected chi connectivity index (χ2v) is 10.2. The first-order valence-corrected chi connectivity index (χ1v) is 13.6. The van der Waals surface area contributed by atoms with Crippen LogP contribution >= 0.6 is 0 Å². The maximum atomic E-state index is 13.7. The largest absolute Gasteiger partial charge is 0.414 e. The lowest BCUT2D eigenvalue weighted by molar-refractivity contribution is -0.847. The fourth-order valence-corrected chi connectivity index (χ4v) is 5.16. The molecule has 3 aromatic rings. The maximum absolute atomic E-state index is 13.7. The molecule has 0 aromatic heterocycles. The Kier molecular flexibility index (Phi) is 9.46. The van der Waals surface area contributed by atoms with E-state index < -0.39 is 5.91 Å². The van der Waals surface area contributed by atoms with Crippen molar-refractivity contribution in [2.45, 2.75) is 25.7 Å². The number of benzene rings is 3. The monoisotopic (exact) mass is 528 g/mol. The number of urea groups is 1. The molecule has 0 aliphatic carbocycles. The van der Waals surface area contributed by atoms with Crippen molar-refractivity contribution in [1.82, 2.24) is 5.32 Å². The Hall–Kier alpha value is -4.01. The first kappa shape index (κ1) is 28.0. The lowest BCUT2D eigenvalue weighted by atomic mass is 10.1. The quantitative estimate of drug-likeness (QED) is 0.349. The molecule has 8 nitrogen and oxygen atoms in total. The summed E-state index contributed by atoms with van der Waals surface area (Å²) in [5.74, 6) is -0.676. The average Bonchev–Trinajstić information content (AvgIpc) is 3.22. The number of amides is 4. The van der Waals surface area contributed by atoms with Crippen molar-refractivity contribution in [2.24, 2.45) is 11.5 Å². The second kappa shape index (κ2) is 13.2. The average molecular weight is 529 g/mol. The highest BCUT2D eigenvalue weighted by Gasteiger charge is 2.34. The van der Waals surface area contributed by atoms with E-state index in [4.69, 9.17) is 11.5 Å². The molecular formula is C31H38N5O3+. The van der Waals surface area contributed by atoms with E-state index in [0.717, 1.165) is 44.5 Å². The van der Waals surface area contributed by atoms with Gasteiger partial charge in [-0.15, -0.1) is 0 Å². The van der Waals surface area contributed by atoms with Gasteiger partial charge in [0.1, 0.15) is 0 Å². The molecule has 1 heterocycles. The number of aryl methyl sites for hydroxylation is 1. The van der Waals surface area contributed by atoms with Gasteiger partial charge in [0.15, 0.2) is 0 Å². The zero-order valence-corrected chi connectivity index (χ0v) is 22.4. The summed E-state index contributed by atoms with van der Waals surface area (Å²) in [5, 5.41) is 3.34. The fourth-order valence-electron chi connectivity index (χ4n) is 5.16. The third-order valence-corrected chi connectivity index (χ3v) is 7.53. The molecular weight excluding hydrogens is 490 g/mol. The standard InChI is InChI=1S/C31H37N5O3/c32-29(37)27-10-4-11-28(23-27)35(19-5-9-24-7-2-1-3-8-24)30(38)26-14-12-25(13-15-26)16-21-36(31(33)39)20-6-17-34-18-22-36/h1-4,7-8,10-15,23,34H,5-6,9,16-22H2,(H3-,32,33,37,39)/p+1. The Bertz CT molecular complexity index is 1270. The Morgan fingerprint density at radius 3 is 2.26 bits per heavy atom. The van der Waals surface area contributed by atoms with Crippen LogP contribution in [0.15, 0.2) is 78.9 Å². The van der Waals surface area contributed by atoms with Gasteiger partial charge in [-0.05, 0) is 54.3 Å². The summed E-state index contributed by atoms with van der Waals surface area (Å²) in [6.45, 7) is 4.22. The molecule has 0 spiro atoms. The van der Waals surface area contributed by atoms with Gasteiger partial charge >= 0.3 is 6.03 Å². The van der Waals surface area contributed by atoms with E-state index in [-0.39, 0.29) is 16.4 Å². The predicted molar refractivity (Wildman–Crippen MR) is 153 cm³/mol. The van der Waals surface area contributed by atoms with E-state index in [1.165, 1.54) is 5.56 Å². The molecule has 0 bridgehead atoms. The van der Waals surface area contributed by atoms with Gasteiger partial charge in [-0.2, -0.15) is 0 Å². The number of nitrogens with one attached hydrogen (secondary N) is 1. The van der Waals surface area contributed by atoms with Crippen LogP contribution in [-0.4, -0.2) is 61.6 Å². The van der Waals surface area contributed by atoms with E-state index in [2.05, 4.69) is 17.4 Å². The lowest BCUT2D eigenvalue weighted by Crippen LogP contribution is -2.58. The highest BCUT2D eigenvalue weighted by molar-refractivity contribution is 6.06. The van der Waals surface area contributed by atoms with Crippen LogP contribution in [-0.2, 0) is 12.8 Å². The van der Waals surface area contributed by atoms with Crippen LogP contribution in [0.4, 0.5) is 10.5 Å². The minimum atomic E-state index is -0.533. The molecule has 5 N–H and O–H groups in total. The zero-order valence-electron chi connectivity index (χ0n) is 22.4. The Morgan fingerprint density at radius 2 is 1.54 bits per heavy atom. The lowest BCUT2D eigenvalue weighted by Gasteiger charge is -2.32. The van der Waals surface area contributed by atoms with Crippen LogP contribution in [0.2, 0.25) is 0 Å². The van der Waals surface area contributed by atoms with Gasteiger partial charge < -0.3 is 21.7 Å². The summed E-state index contributed by atoms with van der Waals surface area (Å²) in [7, 11) is 0. The maximum Gasteiger partial charge on any atom is 0.414 e. The van der Waals surface area contributed by atoms with E-state index in [1.807, 2.05) is 48.5 Å². The molecule has 204 valence electrons. The number of hydrogen-bond donors (Lipinski definition) is 3. The second-order valence-electron chi connectivity index (χ2n) is 10.2. The fraction of sp³-hybridized carbons (Fsp3) is 0.323. The topological polar surface area (TPSA) is 119 Å². The Balaban J connectivity index is 1.49. The third kappa shape index (κ3) is 7.31. The van der Waals surface area contributed by atoms with Crippen molar-refractivity contribution in [2.75, 3.05) is 44.2 Å². The molecule has 1 saturated heterocycles. The zero-order chi connectivity index (χ0) is 27.7. The number of nitrogens with zero attached hydrogens (tertiary/aromatic N) is 2. The van der Waals surface area contributed by atoms with Crippen molar-refractivity contribution >= 4 is 23.5 Å². The minimum Gasteiger partial charge on any atom is -0.366 e. The SMILES string of the molecule is NC(=O)c1cccc(N(CCCc2ccccc2)C(=O)c2ccc(CC[N+]3(C(N)=O)CCCNCC3)cc2)c1. The summed E-state index contributed by atoms with van der Waals surface area (Å²) in [5.41, 5.74) is 15.1. The number of carbonyl (C=O) groups excluding carboxylic acids is 3. The number of nitrogens with two attached hydrogens (primary N) is 2. The molecule has 1 fully saturated rings. The molecule has 39 heavy (non-hydrogen) atoms. The minimum absolute atomic E-state index is 0.143. The molecule has 0 saturated carbocycles. The van der Waals surface area contributed by atoms with Crippen LogP contribution in [0.1, 0.15) is 44.7 Å². The van der Waals surface area contributed by atoms with Crippen LogP contribution < -0.4 is 21.7 Å². The van der Waals surface area contributed by atoms with Gasteiger partial charge in [0.25, 0.3) is 5.91 Å². The summed E-state index contributed by atoms with van der Waals surface area (Å²) in [4.78, 5) is 39.5. The molecule has 1 aliphatic heterocycles. The molecule has 4 amide bonds. The van der Waals surface area contributed by atoms with Crippen molar-refractivity contribution in [1.29, 1.82) is 0 Å². The molecule has 8 heteroatoms. The van der Waals surface area contributed by atoms with Gasteiger partial charge in [0.05, 0.1) is 19.6 Å². The van der Waals surface area contributed by atoms with Gasteiger partial charge in [0.2, 0.25) is 5.91 Å². The molecule has 1 aliphatic rings. The molecule has 0 radical (unpaired) electrons. The number of anilines is 1. The first-order valence-electron chi connectivity index (χ1n) is 13.6. The molecule has 1 atom stereocenters. The van der Waals surface area contributed by atoms with Crippen molar-refractivity contribution in [3.05, 3.63) is 101 Å². The Morgan fingerprint density at radius 1 is 0.795 bits per heavy atom. The number of primary amides is 2. The molecule has 4 rings (SSSR count). The first-order chi connectivity index (χ1) is 18.9. The number of quaternary nitrogens is 1. The molecule has 1 unspecified atom stereocenters. The van der Waals surface area contributed by atoms with Crippen LogP contribution in [0, 0.1) is 0 Å². The summed E-state index contributed by atoms with van der Waals surface area (Å²) in [6.07, 6.45) is 3.19. The van der Waals surface area contributed by atoms with Crippen LogP contribution in [0.5, 0.6) is 0 Å². The van der Waals surface area contributed by atoms with Gasteiger partial charge in [0, 0.05) is 49.3 Å². The highest BCUT2D eigenvalue weighted by Crippen LogP contribution is 2.21. The normalized spacial score (nSPS) is 17.2. The van der Waals surface area contributed by atoms with Crippen molar-refractivity contribution in [3.8, 4) is 0 Å². The van der Waals surface area contributed by atoms with E-state index in [1.54, 1.807) is 23.1 Å². The van der Waals surface area contributed by atoms with E-state index in [0.29, 0.717) is 42.9 Å². The van der Waals surface area contributed by atoms with Gasteiger partial charge in [-0.3, -0.25) is 9.59 Å². The van der Waals surface area contributed by atoms with E-state index in [9.17, 15) is 14.4 Å². The van der Waals surface area contributed by atoms with Gasteiger partial charge in [-0.1, -0.05) is 48.5 Å². The van der Waals surface area contributed by atoms with Crippen molar-refractivity contribution in [3.63, 3.8) is 0 Å². The summed E-state index contributed by atoms with van der Waals surface area (Å²) >= 11 is 0. The van der Waals surface area contributed by atoms with E-state index >= 15 is 0 Å². The van der Waals surface area contributed by atoms with Crippen molar-refractivity contribution < 1.29 is 18.9 Å². The predicted octanol–water partition coefficient (Wildman–Crippen LogP) is 3.50.